The first kappa shape index (κ1) is 21.2. The maximum Gasteiger partial charge on any atom is 0.310 e. The molecular weight excluding hydrogens is 391 g/mol. The van der Waals surface area contributed by atoms with Gasteiger partial charge in [-0.25, -0.2) is 4.39 Å². The summed E-state index contributed by atoms with van der Waals surface area (Å²) < 4.78 is 22.8. The van der Waals surface area contributed by atoms with E-state index in [2.05, 4.69) is 10.6 Å². The van der Waals surface area contributed by atoms with Crippen molar-refractivity contribution < 1.29 is 28.2 Å². The molecule has 2 aromatic rings. The van der Waals surface area contributed by atoms with Crippen molar-refractivity contribution in [2.75, 3.05) is 25.6 Å². The number of anilines is 1. The van der Waals surface area contributed by atoms with Crippen LogP contribution in [0.2, 0.25) is 5.02 Å². The van der Waals surface area contributed by atoms with Crippen molar-refractivity contribution in [1.29, 1.82) is 0 Å². The van der Waals surface area contributed by atoms with E-state index in [1.165, 1.54) is 31.4 Å². The van der Waals surface area contributed by atoms with Gasteiger partial charge in [0.1, 0.15) is 11.6 Å². The van der Waals surface area contributed by atoms with Crippen LogP contribution < -0.4 is 15.4 Å². The summed E-state index contributed by atoms with van der Waals surface area (Å²) in [6.45, 7) is -0.860. The van der Waals surface area contributed by atoms with Crippen molar-refractivity contribution >= 4 is 35.1 Å². The molecule has 0 unspecified atom stereocenters. The number of esters is 1. The van der Waals surface area contributed by atoms with Gasteiger partial charge in [0, 0.05) is 16.3 Å². The molecule has 0 atom stereocenters. The molecule has 0 spiro atoms. The highest BCUT2D eigenvalue weighted by Gasteiger charge is 2.13. The molecule has 0 saturated heterocycles. The molecule has 0 fully saturated rings. The summed E-state index contributed by atoms with van der Waals surface area (Å²) in [5.74, 6) is -1.74. The zero-order valence-corrected chi connectivity index (χ0v) is 15.7. The number of benzene rings is 2. The largest absolute Gasteiger partial charge is 0.496 e. The SMILES string of the molecule is COc1ccc(Cl)cc1CC(=O)OCC(=O)NCC(=O)Nc1ccc(F)cc1. The Bertz CT molecular complexity index is 858. The summed E-state index contributed by atoms with van der Waals surface area (Å²) in [7, 11) is 1.46. The van der Waals surface area contributed by atoms with E-state index in [9.17, 15) is 18.8 Å². The van der Waals surface area contributed by atoms with Gasteiger partial charge in [-0.05, 0) is 42.5 Å². The number of rotatable bonds is 8. The van der Waals surface area contributed by atoms with Crippen LogP contribution in [0.1, 0.15) is 5.56 Å². The number of nitrogens with one attached hydrogen (secondary N) is 2. The first-order chi connectivity index (χ1) is 13.4. The highest BCUT2D eigenvalue weighted by Crippen LogP contribution is 2.23. The standard InChI is InChI=1S/C19H18ClFN2O5/c1-27-16-7-2-13(20)8-12(16)9-19(26)28-11-18(25)22-10-17(24)23-15-5-3-14(21)4-6-15/h2-8H,9-11H2,1H3,(H,22,25)(H,23,24). The maximum atomic E-state index is 12.8. The van der Waals surface area contributed by atoms with Crippen LogP contribution >= 0.6 is 11.6 Å². The lowest BCUT2D eigenvalue weighted by Gasteiger charge is -2.10. The van der Waals surface area contributed by atoms with E-state index in [0.717, 1.165) is 0 Å². The van der Waals surface area contributed by atoms with Gasteiger partial charge in [0.25, 0.3) is 5.91 Å². The third-order valence-electron chi connectivity index (χ3n) is 3.52. The molecule has 2 N–H and O–H groups in total. The molecule has 0 bridgehead atoms. The summed E-state index contributed by atoms with van der Waals surface area (Å²) in [5.41, 5.74) is 0.918. The van der Waals surface area contributed by atoms with E-state index in [1.54, 1.807) is 18.2 Å². The first-order valence-electron chi connectivity index (χ1n) is 8.17. The molecular formula is C19H18ClFN2O5. The van der Waals surface area contributed by atoms with Crippen LogP contribution in [0.4, 0.5) is 10.1 Å². The van der Waals surface area contributed by atoms with Crippen molar-refractivity contribution in [3.63, 3.8) is 0 Å². The Kier molecular flexibility index (Phi) is 7.76. The summed E-state index contributed by atoms with van der Waals surface area (Å²) in [4.78, 5) is 35.3. The lowest BCUT2D eigenvalue weighted by atomic mass is 10.1. The van der Waals surface area contributed by atoms with E-state index in [1.807, 2.05) is 0 Å². The predicted molar refractivity (Wildman–Crippen MR) is 101 cm³/mol. The average Bonchev–Trinajstić information content (AvgIpc) is 2.67. The van der Waals surface area contributed by atoms with Gasteiger partial charge >= 0.3 is 5.97 Å². The second-order valence-electron chi connectivity index (χ2n) is 5.63. The lowest BCUT2D eigenvalue weighted by Crippen LogP contribution is -2.35. The van der Waals surface area contributed by atoms with Gasteiger partial charge in [-0.1, -0.05) is 11.6 Å². The van der Waals surface area contributed by atoms with E-state index < -0.39 is 30.2 Å². The molecule has 0 aliphatic heterocycles. The smallest absolute Gasteiger partial charge is 0.310 e. The van der Waals surface area contributed by atoms with Gasteiger partial charge in [0.2, 0.25) is 5.91 Å². The normalized spacial score (nSPS) is 10.1. The van der Waals surface area contributed by atoms with Crippen molar-refractivity contribution in [1.82, 2.24) is 5.32 Å². The van der Waals surface area contributed by atoms with E-state index in [4.69, 9.17) is 21.1 Å². The zero-order valence-electron chi connectivity index (χ0n) is 15.0. The Hall–Kier alpha value is -3.13. The van der Waals surface area contributed by atoms with Gasteiger partial charge in [-0.3, -0.25) is 14.4 Å². The highest BCUT2D eigenvalue weighted by atomic mass is 35.5. The predicted octanol–water partition coefficient (Wildman–Crippen LogP) is 2.33. The molecule has 0 radical (unpaired) electrons. The minimum Gasteiger partial charge on any atom is -0.496 e. The Labute approximate surface area is 165 Å². The number of halogens is 2. The Balaban J connectivity index is 1.73. The van der Waals surface area contributed by atoms with Gasteiger partial charge in [-0.15, -0.1) is 0 Å². The molecule has 7 nitrogen and oxygen atoms in total. The lowest BCUT2D eigenvalue weighted by molar-refractivity contribution is -0.147. The van der Waals surface area contributed by atoms with E-state index in [0.29, 0.717) is 22.0 Å². The third kappa shape index (κ3) is 6.88. The molecule has 0 heterocycles. The van der Waals surface area contributed by atoms with Crippen molar-refractivity contribution in [2.45, 2.75) is 6.42 Å². The minimum absolute atomic E-state index is 0.123. The molecule has 9 heteroatoms. The summed E-state index contributed by atoms with van der Waals surface area (Å²) in [6.07, 6.45) is -0.123. The Morgan fingerprint density at radius 2 is 1.79 bits per heavy atom. The van der Waals surface area contributed by atoms with Crippen molar-refractivity contribution in [3.8, 4) is 5.75 Å². The van der Waals surface area contributed by atoms with Crippen molar-refractivity contribution in [3.05, 3.63) is 58.9 Å². The van der Waals surface area contributed by atoms with E-state index >= 15 is 0 Å². The number of methoxy groups -OCH3 is 1. The molecule has 2 amide bonds. The monoisotopic (exact) mass is 408 g/mol. The number of carbonyl (C=O) groups is 3. The zero-order chi connectivity index (χ0) is 20.5. The Morgan fingerprint density at radius 1 is 1.07 bits per heavy atom. The van der Waals surface area contributed by atoms with E-state index in [-0.39, 0.29) is 13.0 Å². The van der Waals surface area contributed by atoms with Crippen LogP contribution in [-0.4, -0.2) is 38.0 Å². The molecule has 0 aliphatic carbocycles. The maximum absolute atomic E-state index is 12.8. The minimum atomic E-state index is -0.647. The number of ether oxygens (including phenoxy) is 2. The van der Waals surface area contributed by atoms with Gasteiger partial charge < -0.3 is 20.1 Å². The number of hydrogen-bond acceptors (Lipinski definition) is 5. The number of hydrogen-bond donors (Lipinski definition) is 2. The Morgan fingerprint density at radius 3 is 2.46 bits per heavy atom. The van der Waals surface area contributed by atoms with Crippen LogP contribution in [0.25, 0.3) is 0 Å². The summed E-state index contributed by atoms with van der Waals surface area (Å²) in [6, 6.07) is 9.99. The molecule has 28 heavy (non-hydrogen) atoms. The second kappa shape index (κ2) is 10.3. The fourth-order valence-electron chi connectivity index (χ4n) is 2.21. The molecule has 0 aromatic heterocycles. The molecule has 2 aromatic carbocycles. The van der Waals surface area contributed by atoms with Gasteiger partial charge in [-0.2, -0.15) is 0 Å². The van der Waals surface area contributed by atoms with Crippen molar-refractivity contribution in [2.24, 2.45) is 0 Å². The first-order valence-corrected chi connectivity index (χ1v) is 8.55. The molecule has 2 rings (SSSR count). The van der Waals surface area contributed by atoms with Crippen LogP contribution in [0.15, 0.2) is 42.5 Å². The topological polar surface area (TPSA) is 93.7 Å². The fourth-order valence-corrected chi connectivity index (χ4v) is 2.40. The average molecular weight is 409 g/mol. The number of carbonyl (C=O) groups excluding carboxylic acids is 3. The number of amides is 2. The molecule has 0 saturated carbocycles. The van der Waals surface area contributed by atoms with Gasteiger partial charge in [0.05, 0.1) is 20.1 Å². The second-order valence-corrected chi connectivity index (χ2v) is 6.06. The van der Waals surface area contributed by atoms with Crippen LogP contribution in [0.5, 0.6) is 5.75 Å². The van der Waals surface area contributed by atoms with Crippen LogP contribution in [0, 0.1) is 5.82 Å². The van der Waals surface area contributed by atoms with Crippen LogP contribution in [0.3, 0.4) is 0 Å². The fraction of sp³-hybridized carbons (Fsp3) is 0.211. The summed E-state index contributed by atoms with van der Waals surface area (Å²) >= 11 is 5.89. The quantitative estimate of drug-likeness (QED) is 0.654. The molecule has 0 aliphatic rings. The van der Waals surface area contributed by atoms with Crippen LogP contribution in [-0.2, 0) is 25.5 Å². The highest BCUT2D eigenvalue weighted by molar-refractivity contribution is 6.30. The third-order valence-corrected chi connectivity index (χ3v) is 3.75. The molecule has 148 valence electrons. The van der Waals surface area contributed by atoms with Gasteiger partial charge in [0.15, 0.2) is 6.61 Å². The summed E-state index contributed by atoms with van der Waals surface area (Å²) in [5, 5.41) is 5.24.